The van der Waals surface area contributed by atoms with E-state index in [1.807, 2.05) is 6.07 Å². The van der Waals surface area contributed by atoms with Crippen molar-refractivity contribution in [2.75, 3.05) is 5.32 Å². The van der Waals surface area contributed by atoms with Gasteiger partial charge in [-0.1, -0.05) is 0 Å². The first-order valence-electron chi connectivity index (χ1n) is 6.69. The molecular formula is C14H15N3O4. The van der Waals surface area contributed by atoms with E-state index in [-0.39, 0.29) is 23.2 Å². The van der Waals surface area contributed by atoms with Crippen molar-refractivity contribution < 1.29 is 14.8 Å². The maximum Gasteiger partial charge on any atom is 0.306 e. The number of anilines is 1. The summed E-state index contributed by atoms with van der Waals surface area (Å²) in [5, 5.41) is 31.9. The lowest BCUT2D eigenvalue weighted by molar-refractivity contribution is -0.384. The summed E-state index contributed by atoms with van der Waals surface area (Å²) in [7, 11) is 0. The minimum absolute atomic E-state index is 0.0918. The van der Waals surface area contributed by atoms with Crippen molar-refractivity contribution in [1.82, 2.24) is 0 Å². The molecule has 1 aliphatic carbocycles. The Labute approximate surface area is 121 Å². The predicted molar refractivity (Wildman–Crippen MR) is 74.8 cm³/mol. The SMILES string of the molecule is N#Cc1cc([N+](=O)[O-])ccc1NC1CCC(C(=O)O)CC1. The van der Waals surface area contributed by atoms with Crippen LogP contribution in [0.15, 0.2) is 18.2 Å². The highest BCUT2D eigenvalue weighted by Crippen LogP contribution is 2.29. The summed E-state index contributed by atoms with van der Waals surface area (Å²) in [6.07, 6.45) is 2.61. The van der Waals surface area contributed by atoms with Crippen LogP contribution in [0.5, 0.6) is 0 Å². The molecule has 1 aromatic carbocycles. The van der Waals surface area contributed by atoms with E-state index < -0.39 is 10.9 Å². The lowest BCUT2D eigenvalue weighted by Gasteiger charge is -2.27. The summed E-state index contributed by atoms with van der Waals surface area (Å²) in [5.74, 6) is -1.06. The summed E-state index contributed by atoms with van der Waals surface area (Å²) >= 11 is 0. The molecule has 110 valence electrons. The van der Waals surface area contributed by atoms with Crippen LogP contribution in [-0.4, -0.2) is 22.0 Å². The van der Waals surface area contributed by atoms with E-state index in [9.17, 15) is 14.9 Å². The Morgan fingerprint density at radius 3 is 2.57 bits per heavy atom. The lowest BCUT2D eigenvalue weighted by atomic mass is 9.86. The van der Waals surface area contributed by atoms with E-state index in [4.69, 9.17) is 10.4 Å². The molecule has 21 heavy (non-hydrogen) atoms. The molecular weight excluding hydrogens is 274 g/mol. The Hall–Kier alpha value is -2.62. The number of benzene rings is 1. The average Bonchev–Trinajstić information content (AvgIpc) is 2.48. The molecule has 1 aromatic rings. The van der Waals surface area contributed by atoms with Crippen LogP contribution in [0.1, 0.15) is 31.2 Å². The minimum Gasteiger partial charge on any atom is -0.481 e. The van der Waals surface area contributed by atoms with Crippen LogP contribution in [0, 0.1) is 27.4 Å². The fourth-order valence-corrected chi connectivity index (χ4v) is 2.57. The molecule has 0 unspecified atom stereocenters. The normalized spacial score (nSPS) is 21.3. The number of hydrogen-bond donors (Lipinski definition) is 2. The number of nitrogens with one attached hydrogen (secondary N) is 1. The highest BCUT2D eigenvalue weighted by molar-refractivity contribution is 5.70. The molecule has 0 saturated heterocycles. The van der Waals surface area contributed by atoms with E-state index in [0.717, 1.165) is 0 Å². The van der Waals surface area contributed by atoms with Crippen molar-refractivity contribution in [2.24, 2.45) is 5.92 Å². The molecule has 2 rings (SSSR count). The molecule has 1 fully saturated rings. The van der Waals surface area contributed by atoms with Gasteiger partial charge in [0.2, 0.25) is 0 Å². The van der Waals surface area contributed by atoms with Gasteiger partial charge in [0.1, 0.15) is 6.07 Å². The largest absolute Gasteiger partial charge is 0.481 e. The van der Waals surface area contributed by atoms with Gasteiger partial charge in [-0.25, -0.2) is 0 Å². The van der Waals surface area contributed by atoms with E-state index >= 15 is 0 Å². The van der Waals surface area contributed by atoms with Crippen molar-refractivity contribution in [2.45, 2.75) is 31.7 Å². The first kappa shape index (κ1) is 14.8. The smallest absolute Gasteiger partial charge is 0.306 e. The number of nitro groups is 1. The molecule has 0 atom stereocenters. The number of rotatable bonds is 4. The Morgan fingerprint density at radius 1 is 1.38 bits per heavy atom. The first-order valence-corrected chi connectivity index (χ1v) is 6.69. The highest BCUT2D eigenvalue weighted by atomic mass is 16.6. The first-order chi connectivity index (χ1) is 10.0. The van der Waals surface area contributed by atoms with Crippen LogP contribution in [0.25, 0.3) is 0 Å². The Bertz CT molecular complexity index is 601. The minimum atomic E-state index is -0.763. The molecule has 2 N–H and O–H groups in total. The summed E-state index contributed by atoms with van der Waals surface area (Å²) < 4.78 is 0. The number of carboxylic acids is 1. The van der Waals surface area contributed by atoms with Crippen LogP contribution >= 0.6 is 0 Å². The molecule has 0 aliphatic heterocycles. The molecule has 0 radical (unpaired) electrons. The summed E-state index contributed by atoms with van der Waals surface area (Å²) in [6, 6.07) is 6.16. The quantitative estimate of drug-likeness (QED) is 0.649. The summed E-state index contributed by atoms with van der Waals surface area (Å²) in [6.45, 7) is 0. The number of carbonyl (C=O) groups is 1. The van der Waals surface area contributed by atoms with Gasteiger partial charge >= 0.3 is 5.97 Å². The van der Waals surface area contributed by atoms with E-state index in [0.29, 0.717) is 31.4 Å². The van der Waals surface area contributed by atoms with Crippen molar-refractivity contribution in [3.63, 3.8) is 0 Å². The predicted octanol–water partition coefficient (Wildman–Crippen LogP) is 2.52. The Balaban J connectivity index is 2.06. The summed E-state index contributed by atoms with van der Waals surface area (Å²) in [4.78, 5) is 21.0. The number of aliphatic carboxylic acids is 1. The van der Waals surface area contributed by atoms with E-state index in [1.54, 1.807) is 0 Å². The second-order valence-corrected chi connectivity index (χ2v) is 5.13. The zero-order valence-corrected chi connectivity index (χ0v) is 11.3. The monoisotopic (exact) mass is 289 g/mol. The van der Waals surface area contributed by atoms with Gasteiger partial charge in [-0.2, -0.15) is 5.26 Å². The standard InChI is InChI=1S/C14H15N3O4/c15-8-10-7-12(17(20)21)5-6-13(10)16-11-3-1-9(2-4-11)14(18)19/h5-7,9,11,16H,1-4H2,(H,18,19). The third-order valence-corrected chi connectivity index (χ3v) is 3.77. The topological polar surface area (TPSA) is 116 Å². The molecule has 0 bridgehead atoms. The van der Waals surface area contributed by atoms with Gasteiger partial charge in [0.05, 0.1) is 22.1 Å². The number of nitro benzene ring substituents is 1. The molecule has 0 spiro atoms. The van der Waals surface area contributed by atoms with Gasteiger partial charge < -0.3 is 10.4 Å². The number of carboxylic acid groups (broad SMARTS) is 1. The van der Waals surface area contributed by atoms with Crippen LogP contribution < -0.4 is 5.32 Å². The van der Waals surface area contributed by atoms with Crippen LogP contribution in [0.4, 0.5) is 11.4 Å². The molecule has 7 heteroatoms. The van der Waals surface area contributed by atoms with E-state index in [1.165, 1.54) is 18.2 Å². The molecule has 0 amide bonds. The third-order valence-electron chi connectivity index (χ3n) is 3.77. The number of non-ortho nitro benzene ring substituents is 1. The number of nitrogens with zero attached hydrogens (tertiary/aromatic N) is 2. The Morgan fingerprint density at radius 2 is 2.05 bits per heavy atom. The highest BCUT2D eigenvalue weighted by Gasteiger charge is 2.26. The van der Waals surface area contributed by atoms with Gasteiger partial charge in [0.15, 0.2) is 0 Å². The number of nitriles is 1. The van der Waals surface area contributed by atoms with Gasteiger partial charge in [-0.3, -0.25) is 14.9 Å². The van der Waals surface area contributed by atoms with Gasteiger partial charge in [-0.05, 0) is 31.7 Å². The van der Waals surface area contributed by atoms with Crippen LogP contribution in [0.2, 0.25) is 0 Å². The lowest BCUT2D eigenvalue weighted by Crippen LogP contribution is -2.29. The second-order valence-electron chi connectivity index (χ2n) is 5.13. The maximum absolute atomic E-state index is 10.9. The number of hydrogen-bond acceptors (Lipinski definition) is 5. The fourth-order valence-electron chi connectivity index (χ4n) is 2.57. The van der Waals surface area contributed by atoms with Gasteiger partial charge in [0.25, 0.3) is 5.69 Å². The van der Waals surface area contributed by atoms with Gasteiger partial charge in [0, 0.05) is 18.2 Å². The zero-order chi connectivity index (χ0) is 15.4. The second kappa shape index (κ2) is 6.22. The van der Waals surface area contributed by atoms with Crippen molar-refractivity contribution in [3.05, 3.63) is 33.9 Å². The maximum atomic E-state index is 10.9. The van der Waals surface area contributed by atoms with Crippen molar-refractivity contribution in [3.8, 4) is 6.07 Å². The fraction of sp³-hybridized carbons (Fsp3) is 0.429. The van der Waals surface area contributed by atoms with Crippen LogP contribution in [-0.2, 0) is 4.79 Å². The summed E-state index contributed by atoms with van der Waals surface area (Å²) in [5.41, 5.74) is 0.665. The Kier molecular flexibility index (Phi) is 4.38. The van der Waals surface area contributed by atoms with Crippen LogP contribution in [0.3, 0.4) is 0 Å². The molecule has 7 nitrogen and oxygen atoms in total. The molecule has 0 aromatic heterocycles. The zero-order valence-electron chi connectivity index (χ0n) is 11.3. The van der Waals surface area contributed by atoms with Crippen molar-refractivity contribution >= 4 is 17.3 Å². The van der Waals surface area contributed by atoms with Gasteiger partial charge in [-0.15, -0.1) is 0 Å². The third kappa shape index (κ3) is 3.48. The molecule has 1 aliphatic rings. The van der Waals surface area contributed by atoms with E-state index in [2.05, 4.69) is 5.32 Å². The van der Waals surface area contributed by atoms with Crippen molar-refractivity contribution in [1.29, 1.82) is 5.26 Å². The molecule has 1 saturated carbocycles. The molecule has 0 heterocycles. The average molecular weight is 289 g/mol.